The van der Waals surface area contributed by atoms with E-state index in [9.17, 15) is 9.59 Å². The van der Waals surface area contributed by atoms with Gasteiger partial charge in [0.2, 0.25) is 0 Å². The zero-order valence-corrected chi connectivity index (χ0v) is 18.6. The van der Waals surface area contributed by atoms with E-state index in [0.29, 0.717) is 45.3 Å². The number of fused-ring (bicyclic) bond motifs is 1. The molecule has 0 bridgehead atoms. The maximum atomic E-state index is 13.1. The fraction of sp³-hybridized carbons (Fsp3) is 0.565. The van der Waals surface area contributed by atoms with Crippen LogP contribution in [0.4, 0.5) is 0 Å². The van der Waals surface area contributed by atoms with Crippen molar-refractivity contribution in [2.75, 3.05) is 20.3 Å². The second kappa shape index (κ2) is 7.49. The Morgan fingerprint density at radius 2 is 1.79 bits per heavy atom. The molecule has 29 heavy (non-hydrogen) atoms. The molecule has 156 valence electrons. The van der Waals surface area contributed by atoms with E-state index in [0.717, 1.165) is 17.2 Å². The Bertz CT molecular complexity index is 838. The number of carbonyl (C=O) groups excluding carboxylic acids is 2. The maximum Gasteiger partial charge on any atom is 0.316 e. The van der Waals surface area contributed by atoms with Gasteiger partial charge in [0.15, 0.2) is 11.6 Å². The minimum absolute atomic E-state index is 0.195. The number of carbonyl (C=O) groups is 2. The number of esters is 1. The topological polar surface area (TPSA) is 61.8 Å². The molecule has 4 rings (SSSR count). The van der Waals surface area contributed by atoms with Crippen LogP contribution >= 0.6 is 0 Å². The molecule has 0 radical (unpaired) electrons. The largest absolute Gasteiger partial charge is 0.468 e. The molecule has 2 fully saturated rings. The Labute approximate surface area is 173 Å². The summed E-state index contributed by atoms with van der Waals surface area (Å²) in [4.78, 5) is 26.2. The van der Waals surface area contributed by atoms with E-state index < -0.39 is 19.3 Å². The smallest absolute Gasteiger partial charge is 0.316 e. The van der Waals surface area contributed by atoms with Crippen LogP contribution in [0.25, 0.3) is 0 Å². The lowest BCUT2D eigenvalue weighted by molar-refractivity contribution is -0.202. The molecule has 1 saturated heterocycles. The molecule has 1 heterocycles. The van der Waals surface area contributed by atoms with Gasteiger partial charge in [-0.2, -0.15) is 0 Å². The summed E-state index contributed by atoms with van der Waals surface area (Å²) in [6.07, 6.45) is 2.65. The predicted molar refractivity (Wildman–Crippen MR) is 113 cm³/mol. The van der Waals surface area contributed by atoms with Crippen molar-refractivity contribution in [3.63, 3.8) is 0 Å². The van der Waals surface area contributed by atoms with E-state index in [1.165, 1.54) is 12.3 Å². The Balaban J connectivity index is 1.76. The lowest BCUT2D eigenvalue weighted by atomic mass is 9.61. The molecule has 1 atom stereocenters. The van der Waals surface area contributed by atoms with Crippen LogP contribution in [0.1, 0.15) is 32.1 Å². The van der Waals surface area contributed by atoms with E-state index in [4.69, 9.17) is 14.2 Å². The standard InChI is InChI=1S/C23H30O5Si/c1-26-21(25)22-11-10-20(24)18(15-29(2,3)17-7-5-4-6-8-17)19(22)9-12-23(16-22)27-13-14-28-23/h4-8H,9-16H2,1-3H3. The monoisotopic (exact) mass is 414 g/mol. The number of ether oxygens (including phenoxy) is 3. The maximum absolute atomic E-state index is 13.1. The number of benzene rings is 1. The molecule has 3 aliphatic rings. The first-order chi connectivity index (χ1) is 13.8. The third-order valence-electron chi connectivity index (χ3n) is 6.95. The fourth-order valence-corrected chi connectivity index (χ4v) is 8.00. The van der Waals surface area contributed by atoms with E-state index in [1.807, 2.05) is 6.07 Å². The summed E-state index contributed by atoms with van der Waals surface area (Å²) in [7, 11) is -0.461. The van der Waals surface area contributed by atoms with Crippen LogP contribution in [0.2, 0.25) is 19.1 Å². The van der Waals surface area contributed by atoms with Crippen molar-refractivity contribution in [3.05, 3.63) is 41.5 Å². The quantitative estimate of drug-likeness (QED) is 0.559. The van der Waals surface area contributed by atoms with Gasteiger partial charge in [-0.3, -0.25) is 9.59 Å². The number of allylic oxidation sites excluding steroid dienone is 1. The van der Waals surface area contributed by atoms with Crippen molar-refractivity contribution in [1.82, 2.24) is 0 Å². The summed E-state index contributed by atoms with van der Waals surface area (Å²) < 4.78 is 17.2. The average Bonchev–Trinajstić information content (AvgIpc) is 3.17. The molecule has 0 amide bonds. The van der Waals surface area contributed by atoms with Gasteiger partial charge in [0.05, 0.1) is 33.8 Å². The molecule has 1 saturated carbocycles. The van der Waals surface area contributed by atoms with Crippen LogP contribution in [0.5, 0.6) is 0 Å². The summed E-state index contributed by atoms with van der Waals surface area (Å²) in [6, 6.07) is 11.2. The number of Topliss-reactive ketones (excluding diaryl/α,β-unsaturated/α-hetero) is 1. The van der Waals surface area contributed by atoms with Crippen molar-refractivity contribution in [2.24, 2.45) is 5.41 Å². The number of hydrogen-bond acceptors (Lipinski definition) is 5. The van der Waals surface area contributed by atoms with Crippen molar-refractivity contribution >= 4 is 25.0 Å². The summed E-state index contributed by atoms with van der Waals surface area (Å²) in [5.41, 5.74) is 1.05. The second-order valence-electron chi connectivity index (χ2n) is 9.17. The van der Waals surface area contributed by atoms with Gasteiger partial charge in [0, 0.05) is 19.3 Å². The van der Waals surface area contributed by atoms with Gasteiger partial charge in [-0.25, -0.2) is 0 Å². The van der Waals surface area contributed by atoms with E-state index >= 15 is 0 Å². The Kier molecular flexibility index (Phi) is 5.30. The van der Waals surface area contributed by atoms with Crippen LogP contribution in [-0.2, 0) is 23.8 Å². The second-order valence-corrected chi connectivity index (χ2v) is 13.9. The number of hydrogen-bond donors (Lipinski definition) is 0. The predicted octanol–water partition coefficient (Wildman–Crippen LogP) is 3.35. The van der Waals surface area contributed by atoms with Crippen molar-refractivity contribution in [3.8, 4) is 0 Å². The molecule has 1 aliphatic heterocycles. The highest BCUT2D eigenvalue weighted by Gasteiger charge is 2.58. The van der Waals surface area contributed by atoms with Gasteiger partial charge in [-0.05, 0) is 30.0 Å². The Morgan fingerprint density at radius 1 is 1.10 bits per heavy atom. The molecule has 1 spiro atoms. The molecular weight excluding hydrogens is 384 g/mol. The van der Waals surface area contributed by atoms with Gasteiger partial charge in [0.1, 0.15) is 0 Å². The average molecular weight is 415 g/mol. The van der Waals surface area contributed by atoms with Crippen LogP contribution < -0.4 is 5.19 Å². The molecule has 1 unspecified atom stereocenters. The Hall–Kier alpha value is -1.76. The van der Waals surface area contributed by atoms with Gasteiger partial charge >= 0.3 is 5.97 Å². The minimum Gasteiger partial charge on any atom is -0.468 e. The van der Waals surface area contributed by atoms with Gasteiger partial charge in [-0.15, -0.1) is 0 Å². The molecule has 1 aromatic carbocycles. The van der Waals surface area contributed by atoms with E-state index in [2.05, 4.69) is 37.4 Å². The van der Waals surface area contributed by atoms with Crippen LogP contribution in [0.15, 0.2) is 41.5 Å². The van der Waals surface area contributed by atoms with Gasteiger partial charge < -0.3 is 14.2 Å². The van der Waals surface area contributed by atoms with Gasteiger partial charge in [-0.1, -0.05) is 48.6 Å². The minimum atomic E-state index is -1.90. The highest BCUT2D eigenvalue weighted by atomic mass is 28.3. The van der Waals surface area contributed by atoms with Gasteiger partial charge in [0.25, 0.3) is 0 Å². The molecule has 5 nitrogen and oxygen atoms in total. The number of methoxy groups -OCH3 is 1. The van der Waals surface area contributed by atoms with Crippen molar-refractivity contribution < 1.29 is 23.8 Å². The molecule has 0 N–H and O–H groups in total. The zero-order chi connectivity index (χ0) is 20.7. The van der Waals surface area contributed by atoms with Crippen LogP contribution in [-0.4, -0.2) is 45.9 Å². The van der Waals surface area contributed by atoms with E-state index in [1.54, 1.807) is 0 Å². The molecule has 0 aromatic heterocycles. The molecule has 1 aromatic rings. The molecular formula is C23H30O5Si. The normalized spacial score (nSPS) is 26.5. The lowest BCUT2D eigenvalue weighted by Gasteiger charge is -2.48. The third kappa shape index (κ3) is 3.51. The van der Waals surface area contributed by atoms with Crippen molar-refractivity contribution in [2.45, 2.75) is 57.0 Å². The summed E-state index contributed by atoms with van der Waals surface area (Å²) in [5, 5.41) is 1.32. The van der Waals surface area contributed by atoms with Crippen LogP contribution in [0.3, 0.4) is 0 Å². The SMILES string of the molecule is COC(=O)C12CCC(=O)C(C[Si](C)(C)c3ccccc3)=C1CCC1(C2)OCCO1. The molecule has 2 aliphatic carbocycles. The molecule has 6 heteroatoms. The highest BCUT2D eigenvalue weighted by Crippen LogP contribution is 2.55. The lowest BCUT2D eigenvalue weighted by Crippen LogP contribution is -2.51. The highest BCUT2D eigenvalue weighted by molar-refractivity contribution is 6.90. The summed E-state index contributed by atoms with van der Waals surface area (Å²) in [5.74, 6) is -0.773. The first-order valence-corrected chi connectivity index (χ1v) is 13.7. The first kappa shape index (κ1) is 20.5. The van der Waals surface area contributed by atoms with E-state index in [-0.39, 0.29) is 11.8 Å². The number of rotatable bonds is 4. The first-order valence-electron chi connectivity index (χ1n) is 10.5. The Morgan fingerprint density at radius 3 is 2.45 bits per heavy atom. The van der Waals surface area contributed by atoms with Crippen molar-refractivity contribution in [1.29, 1.82) is 0 Å². The van der Waals surface area contributed by atoms with Crippen LogP contribution in [0, 0.1) is 5.41 Å². The number of ketones is 1. The summed E-state index contributed by atoms with van der Waals surface area (Å²) >= 11 is 0. The summed E-state index contributed by atoms with van der Waals surface area (Å²) in [6.45, 7) is 5.70. The zero-order valence-electron chi connectivity index (χ0n) is 17.6. The third-order valence-corrected chi connectivity index (χ3v) is 10.1. The fourth-order valence-electron chi connectivity index (χ4n) is 5.41.